The van der Waals surface area contributed by atoms with E-state index < -0.39 is 0 Å². The van der Waals surface area contributed by atoms with Gasteiger partial charge in [0, 0.05) is 22.5 Å². The fourth-order valence-electron chi connectivity index (χ4n) is 1.98. The Bertz CT molecular complexity index is 769. The predicted molar refractivity (Wildman–Crippen MR) is 90.8 cm³/mol. The van der Waals surface area contributed by atoms with E-state index in [1.807, 2.05) is 42.5 Å². The van der Waals surface area contributed by atoms with Crippen molar-refractivity contribution in [3.8, 4) is 0 Å². The predicted octanol–water partition coefficient (Wildman–Crippen LogP) is 4.64. The number of anilines is 1. The first-order chi connectivity index (χ1) is 10.7. The van der Waals surface area contributed by atoms with E-state index in [9.17, 15) is 4.79 Å². The van der Waals surface area contributed by atoms with E-state index in [2.05, 4.69) is 10.3 Å². The molecule has 3 rings (SSSR count). The maximum Gasteiger partial charge on any atom is 0.212 e. The summed E-state index contributed by atoms with van der Waals surface area (Å²) in [6.45, 7) is 0.643. The average molecular weight is 329 g/mol. The summed E-state index contributed by atoms with van der Waals surface area (Å²) in [5, 5.41) is 6.44. The van der Waals surface area contributed by atoms with E-state index in [1.54, 1.807) is 17.5 Å². The molecular formula is C17H13ClN2OS. The summed E-state index contributed by atoms with van der Waals surface area (Å²) in [5.41, 5.74) is 2.22. The summed E-state index contributed by atoms with van der Waals surface area (Å²) < 4.78 is 0. The van der Waals surface area contributed by atoms with E-state index in [-0.39, 0.29) is 5.78 Å². The standard InChI is InChI=1S/C17H13ClN2OS/c18-14-8-6-12(7-9-14)10-19-17-20-15(11-22-17)16(21)13-4-2-1-3-5-13/h1-9,11H,10H2,(H,19,20). The largest absolute Gasteiger partial charge is 0.357 e. The third-order valence-corrected chi connectivity index (χ3v) is 4.18. The van der Waals surface area contributed by atoms with Crippen molar-refractivity contribution in [2.24, 2.45) is 0 Å². The van der Waals surface area contributed by atoms with Crippen LogP contribution in [0.2, 0.25) is 5.02 Å². The molecule has 1 aromatic heterocycles. The Balaban J connectivity index is 1.66. The molecule has 2 aromatic carbocycles. The molecule has 22 heavy (non-hydrogen) atoms. The van der Waals surface area contributed by atoms with Crippen LogP contribution in [-0.4, -0.2) is 10.8 Å². The van der Waals surface area contributed by atoms with Gasteiger partial charge < -0.3 is 5.32 Å². The average Bonchev–Trinajstić information content (AvgIpc) is 3.03. The molecule has 0 aliphatic rings. The number of nitrogens with zero attached hydrogens (tertiary/aromatic N) is 1. The molecule has 0 aliphatic carbocycles. The normalized spacial score (nSPS) is 10.4. The Hall–Kier alpha value is -2.17. The topological polar surface area (TPSA) is 42.0 Å². The molecule has 0 unspecified atom stereocenters. The van der Waals surface area contributed by atoms with Gasteiger partial charge in [0.05, 0.1) is 0 Å². The number of benzene rings is 2. The van der Waals surface area contributed by atoms with Gasteiger partial charge in [-0.15, -0.1) is 11.3 Å². The lowest BCUT2D eigenvalue weighted by molar-refractivity contribution is 0.103. The summed E-state index contributed by atoms with van der Waals surface area (Å²) in [5.74, 6) is -0.0589. The minimum absolute atomic E-state index is 0.0589. The molecule has 0 atom stereocenters. The molecule has 0 fully saturated rings. The second-order valence-corrected chi connectivity index (χ2v) is 6.01. The highest BCUT2D eigenvalue weighted by Gasteiger charge is 2.12. The van der Waals surface area contributed by atoms with Crippen molar-refractivity contribution in [2.45, 2.75) is 6.54 Å². The number of carbonyl (C=O) groups excluding carboxylic acids is 1. The number of ketones is 1. The number of nitrogens with one attached hydrogen (secondary N) is 1. The van der Waals surface area contributed by atoms with Crippen LogP contribution in [0.4, 0.5) is 5.13 Å². The van der Waals surface area contributed by atoms with Gasteiger partial charge in [0.25, 0.3) is 0 Å². The maximum atomic E-state index is 12.3. The van der Waals surface area contributed by atoms with Crippen molar-refractivity contribution in [3.63, 3.8) is 0 Å². The zero-order valence-corrected chi connectivity index (χ0v) is 13.2. The molecular weight excluding hydrogens is 316 g/mol. The summed E-state index contributed by atoms with van der Waals surface area (Å²) in [7, 11) is 0. The zero-order chi connectivity index (χ0) is 15.4. The number of hydrogen-bond donors (Lipinski definition) is 1. The molecule has 0 spiro atoms. The molecule has 1 heterocycles. The first-order valence-corrected chi connectivity index (χ1v) is 8.02. The van der Waals surface area contributed by atoms with Gasteiger partial charge in [0.15, 0.2) is 5.13 Å². The van der Waals surface area contributed by atoms with E-state index in [4.69, 9.17) is 11.6 Å². The summed E-state index contributed by atoms with van der Waals surface area (Å²) in [6.07, 6.45) is 0. The first-order valence-electron chi connectivity index (χ1n) is 6.76. The van der Waals surface area contributed by atoms with Crippen LogP contribution in [-0.2, 0) is 6.54 Å². The lowest BCUT2D eigenvalue weighted by Gasteiger charge is -2.02. The van der Waals surface area contributed by atoms with Crippen LogP contribution in [0.1, 0.15) is 21.6 Å². The number of carbonyl (C=O) groups is 1. The number of hydrogen-bond acceptors (Lipinski definition) is 4. The zero-order valence-electron chi connectivity index (χ0n) is 11.6. The van der Waals surface area contributed by atoms with Gasteiger partial charge in [-0.2, -0.15) is 0 Å². The van der Waals surface area contributed by atoms with Crippen molar-refractivity contribution < 1.29 is 4.79 Å². The van der Waals surface area contributed by atoms with Crippen LogP contribution >= 0.6 is 22.9 Å². The van der Waals surface area contributed by atoms with Crippen LogP contribution < -0.4 is 5.32 Å². The molecule has 0 amide bonds. The van der Waals surface area contributed by atoms with Crippen molar-refractivity contribution in [1.82, 2.24) is 4.98 Å². The number of halogens is 1. The summed E-state index contributed by atoms with van der Waals surface area (Å²) in [4.78, 5) is 16.6. The Labute approximate surface area is 137 Å². The molecule has 3 nitrogen and oxygen atoms in total. The fraction of sp³-hybridized carbons (Fsp3) is 0.0588. The van der Waals surface area contributed by atoms with Gasteiger partial charge in [-0.1, -0.05) is 54.1 Å². The monoisotopic (exact) mass is 328 g/mol. The van der Waals surface area contributed by atoms with Crippen LogP contribution in [0, 0.1) is 0 Å². The van der Waals surface area contributed by atoms with Crippen molar-refractivity contribution in [1.29, 1.82) is 0 Å². The molecule has 110 valence electrons. The lowest BCUT2D eigenvalue weighted by atomic mass is 10.1. The second-order valence-electron chi connectivity index (χ2n) is 4.71. The van der Waals surface area contributed by atoms with E-state index in [0.29, 0.717) is 22.8 Å². The van der Waals surface area contributed by atoms with Gasteiger partial charge in [0.1, 0.15) is 5.69 Å². The van der Waals surface area contributed by atoms with E-state index in [0.717, 1.165) is 10.7 Å². The highest BCUT2D eigenvalue weighted by Crippen LogP contribution is 2.19. The maximum absolute atomic E-state index is 12.3. The molecule has 5 heteroatoms. The minimum Gasteiger partial charge on any atom is -0.357 e. The van der Waals surface area contributed by atoms with E-state index >= 15 is 0 Å². The Morgan fingerprint density at radius 1 is 1.09 bits per heavy atom. The first kappa shape index (κ1) is 14.8. The van der Waals surface area contributed by atoms with Gasteiger partial charge in [-0.25, -0.2) is 4.98 Å². The van der Waals surface area contributed by atoms with Crippen LogP contribution in [0.15, 0.2) is 60.0 Å². The van der Waals surface area contributed by atoms with Crippen molar-refractivity contribution in [3.05, 3.63) is 81.8 Å². The molecule has 0 saturated carbocycles. The molecule has 0 bridgehead atoms. The number of aromatic nitrogens is 1. The molecule has 0 saturated heterocycles. The highest BCUT2D eigenvalue weighted by molar-refractivity contribution is 7.13. The number of thiazole rings is 1. The lowest BCUT2D eigenvalue weighted by Crippen LogP contribution is -2.03. The van der Waals surface area contributed by atoms with Gasteiger partial charge >= 0.3 is 0 Å². The summed E-state index contributed by atoms with van der Waals surface area (Å²) in [6, 6.07) is 16.8. The Morgan fingerprint density at radius 2 is 1.82 bits per heavy atom. The van der Waals surface area contributed by atoms with Crippen LogP contribution in [0.5, 0.6) is 0 Å². The fourth-order valence-corrected chi connectivity index (χ4v) is 2.79. The minimum atomic E-state index is -0.0589. The van der Waals surface area contributed by atoms with Crippen molar-refractivity contribution in [2.75, 3.05) is 5.32 Å². The smallest absolute Gasteiger partial charge is 0.212 e. The van der Waals surface area contributed by atoms with Gasteiger partial charge in [-0.05, 0) is 17.7 Å². The quantitative estimate of drug-likeness (QED) is 0.694. The van der Waals surface area contributed by atoms with Gasteiger partial charge in [-0.3, -0.25) is 4.79 Å². The SMILES string of the molecule is O=C(c1ccccc1)c1csc(NCc2ccc(Cl)cc2)n1. The Kier molecular flexibility index (Phi) is 4.51. The number of rotatable bonds is 5. The highest BCUT2D eigenvalue weighted by atomic mass is 35.5. The Morgan fingerprint density at radius 3 is 2.55 bits per heavy atom. The molecule has 3 aromatic rings. The van der Waals surface area contributed by atoms with E-state index in [1.165, 1.54) is 11.3 Å². The van der Waals surface area contributed by atoms with Crippen molar-refractivity contribution >= 4 is 33.9 Å². The molecule has 0 aliphatic heterocycles. The second kappa shape index (κ2) is 6.73. The summed E-state index contributed by atoms with van der Waals surface area (Å²) >= 11 is 7.28. The van der Waals surface area contributed by atoms with Crippen LogP contribution in [0.3, 0.4) is 0 Å². The third kappa shape index (κ3) is 3.53. The third-order valence-electron chi connectivity index (χ3n) is 3.13. The van der Waals surface area contributed by atoms with Gasteiger partial charge in [0.2, 0.25) is 5.78 Å². The molecule has 0 radical (unpaired) electrons. The molecule has 1 N–H and O–H groups in total. The van der Waals surface area contributed by atoms with Crippen LogP contribution in [0.25, 0.3) is 0 Å².